The molecule has 3 N–H and O–H groups in total. The van der Waals surface area contributed by atoms with E-state index in [-0.39, 0.29) is 6.17 Å². The van der Waals surface area contributed by atoms with Crippen LogP contribution < -0.4 is 15.8 Å². The molecule has 0 saturated carbocycles. The first kappa shape index (κ1) is 20.1. The molecule has 0 aliphatic carbocycles. The second-order valence-electron chi connectivity index (χ2n) is 8.49. The molecular formula is C24H26N8. The molecule has 0 saturated heterocycles. The zero-order valence-corrected chi connectivity index (χ0v) is 18.4. The summed E-state index contributed by atoms with van der Waals surface area (Å²) in [5, 5.41) is 16.5. The van der Waals surface area contributed by atoms with Crippen LogP contribution in [-0.4, -0.2) is 31.8 Å². The van der Waals surface area contributed by atoms with Crippen LogP contribution in [0.1, 0.15) is 25.0 Å². The van der Waals surface area contributed by atoms with E-state index in [0.29, 0.717) is 18.3 Å². The van der Waals surface area contributed by atoms with Gasteiger partial charge in [0.05, 0.1) is 5.69 Å². The Labute approximate surface area is 187 Å². The van der Waals surface area contributed by atoms with Crippen LogP contribution in [0.2, 0.25) is 0 Å². The fourth-order valence-electron chi connectivity index (χ4n) is 4.55. The second-order valence-corrected chi connectivity index (χ2v) is 8.49. The van der Waals surface area contributed by atoms with Crippen LogP contribution >= 0.6 is 0 Å². The standard InChI is InChI=1S/C24H26N8/c1-15(2)24-31(23-21(32(24)25)16(3)11-12-26-23)14-17-9-10-19(18-7-5-4-6-8-18)20(13-17)22-27-29-30-28-22/h4-13,15,24H,14,25H2,1-3H3,(H,27,28,29,30). The largest absolute Gasteiger partial charge is 0.329 e. The van der Waals surface area contributed by atoms with Gasteiger partial charge >= 0.3 is 0 Å². The summed E-state index contributed by atoms with van der Waals surface area (Å²) in [6.45, 7) is 7.11. The molecule has 8 heteroatoms. The first-order valence-electron chi connectivity index (χ1n) is 10.7. The normalized spacial score (nSPS) is 15.5. The van der Waals surface area contributed by atoms with Crippen LogP contribution in [0.4, 0.5) is 11.5 Å². The van der Waals surface area contributed by atoms with Crippen molar-refractivity contribution in [1.29, 1.82) is 0 Å². The Kier molecular flexibility index (Phi) is 5.07. The number of aromatic amines is 1. The number of rotatable bonds is 5. The van der Waals surface area contributed by atoms with E-state index in [1.807, 2.05) is 35.5 Å². The summed E-state index contributed by atoms with van der Waals surface area (Å²) in [5.74, 6) is 8.44. The molecule has 1 aliphatic heterocycles. The fraction of sp³-hybridized carbons (Fsp3) is 0.250. The number of aromatic nitrogens is 5. The Hall–Kier alpha value is -3.78. The maximum absolute atomic E-state index is 6.56. The summed E-state index contributed by atoms with van der Waals surface area (Å²) < 4.78 is 0. The average Bonchev–Trinajstić information content (AvgIpc) is 3.42. The number of pyridine rings is 1. The molecule has 162 valence electrons. The highest BCUT2D eigenvalue weighted by molar-refractivity contribution is 5.81. The molecule has 1 atom stereocenters. The number of aryl methyl sites for hydroxylation is 1. The quantitative estimate of drug-likeness (QED) is 0.467. The highest BCUT2D eigenvalue weighted by Gasteiger charge is 2.38. The summed E-state index contributed by atoms with van der Waals surface area (Å²) in [5.41, 5.74) is 6.39. The highest BCUT2D eigenvalue weighted by atomic mass is 15.6. The van der Waals surface area contributed by atoms with Crippen LogP contribution in [0.5, 0.6) is 0 Å². The van der Waals surface area contributed by atoms with E-state index < -0.39 is 0 Å². The maximum atomic E-state index is 6.56. The molecule has 4 aromatic rings. The van der Waals surface area contributed by atoms with Gasteiger partial charge in [0.25, 0.3) is 0 Å². The Morgan fingerprint density at radius 3 is 2.59 bits per heavy atom. The number of nitrogens with two attached hydrogens (primary N) is 1. The number of hydrazine groups is 1. The molecule has 0 fully saturated rings. The number of hydrogen-bond acceptors (Lipinski definition) is 7. The lowest BCUT2D eigenvalue weighted by Crippen LogP contribution is -2.50. The molecule has 1 unspecified atom stereocenters. The van der Waals surface area contributed by atoms with Gasteiger partial charge in [0.15, 0.2) is 11.6 Å². The molecule has 2 aromatic carbocycles. The third-order valence-corrected chi connectivity index (χ3v) is 5.96. The van der Waals surface area contributed by atoms with Gasteiger partial charge in [-0.15, -0.1) is 5.10 Å². The van der Waals surface area contributed by atoms with Gasteiger partial charge in [-0.25, -0.2) is 15.9 Å². The van der Waals surface area contributed by atoms with Gasteiger partial charge in [0, 0.05) is 18.3 Å². The van der Waals surface area contributed by atoms with Gasteiger partial charge in [-0.3, -0.25) is 5.01 Å². The SMILES string of the molecule is Cc1ccnc2c1N(N)C(C(C)C)N2Cc1ccc(-c2ccccc2)c(-c2nnn[nH]2)c1. The molecule has 1 aliphatic rings. The average molecular weight is 427 g/mol. The molecule has 0 radical (unpaired) electrons. The lowest BCUT2D eigenvalue weighted by atomic mass is 9.96. The maximum Gasteiger partial charge on any atom is 0.180 e. The van der Waals surface area contributed by atoms with Crippen LogP contribution in [0.15, 0.2) is 60.8 Å². The van der Waals surface area contributed by atoms with E-state index in [4.69, 9.17) is 5.84 Å². The number of anilines is 2. The van der Waals surface area contributed by atoms with E-state index in [2.05, 4.69) is 81.6 Å². The topological polar surface area (TPSA) is 99.9 Å². The number of benzene rings is 2. The van der Waals surface area contributed by atoms with Crippen molar-refractivity contribution < 1.29 is 0 Å². The lowest BCUT2D eigenvalue weighted by molar-refractivity contribution is 0.450. The zero-order valence-electron chi connectivity index (χ0n) is 18.4. The van der Waals surface area contributed by atoms with Gasteiger partial charge in [-0.05, 0) is 57.7 Å². The highest BCUT2D eigenvalue weighted by Crippen LogP contribution is 2.41. The van der Waals surface area contributed by atoms with Crippen molar-refractivity contribution in [2.24, 2.45) is 11.8 Å². The summed E-state index contributed by atoms with van der Waals surface area (Å²) in [7, 11) is 0. The van der Waals surface area contributed by atoms with Gasteiger partial charge in [-0.1, -0.05) is 56.3 Å². The zero-order chi connectivity index (χ0) is 22.2. The minimum atomic E-state index is 0.0165. The van der Waals surface area contributed by atoms with Gasteiger partial charge in [0.2, 0.25) is 0 Å². The third kappa shape index (κ3) is 3.38. The van der Waals surface area contributed by atoms with E-state index in [1.54, 1.807) is 0 Å². The summed E-state index contributed by atoms with van der Waals surface area (Å²) in [6.07, 6.45) is 1.87. The predicted octanol–water partition coefficient (Wildman–Crippen LogP) is 3.92. The van der Waals surface area contributed by atoms with Crippen molar-refractivity contribution in [2.45, 2.75) is 33.5 Å². The van der Waals surface area contributed by atoms with E-state index in [1.165, 1.54) is 0 Å². The molecule has 32 heavy (non-hydrogen) atoms. The number of nitrogens with one attached hydrogen (secondary N) is 1. The minimum Gasteiger partial charge on any atom is -0.329 e. The number of fused-ring (bicyclic) bond motifs is 1. The van der Waals surface area contributed by atoms with Gasteiger partial charge < -0.3 is 4.90 Å². The Morgan fingerprint density at radius 2 is 1.88 bits per heavy atom. The molecular weight excluding hydrogens is 400 g/mol. The summed E-state index contributed by atoms with van der Waals surface area (Å²) in [4.78, 5) is 6.97. The summed E-state index contributed by atoms with van der Waals surface area (Å²) in [6, 6.07) is 18.7. The monoisotopic (exact) mass is 426 g/mol. The molecule has 3 heterocycles. The molecule has 0 bridgehead atoms. The van der Waals surface area contributed by atoms with Crippen LogP contribution in [0.3, 0.4) is 0 Å². The molecule has 0 amide bonds. The Bertz CT molecular complexity index is 1220. The van der Waals surface area contributed by atoms with Crippen molar-refractivity contribution in [3.05, 3.63) is 71.9 Å². The van der Waals surface area contributed by atoms with Crippen LogP contribution in [0.25, 0.3) is 22.5 Å². The number of nitrogens with zero attached hydrogens (tertiary/aromatic N) is 6. The van der Waals surface area contributed by atoms with Crippen LogP contribution in [-0.2, 0) is 6.54 Å². The van der Waals surface area contributed by atoms with E-state index in [9.17, 15) is 0 Å². The van der Waals surface area contributed by atoms with E-state index in [0.717, 1.165) is 39.3 Å². The van der Waals surface area contributed by atoms with Gasteiger partial charge in [-0.2, -0.15) is 0 Å². The molecule has 5 rings (SSSR count). The number of hydrogen-bond donors (Lipinski definition) is 2. The third-order valence-electron chi connectivity index (χ3n) is 5.96. The smallest absolute Gasteiger partial charge is 0.180 e. The van der Waals surface area contributed by atoms with Crippen molar-refractivity contribution in [2.75, 3.05) is 9.91 Å². The Balaban J connectivity index is 1.58. The predicted molar refractivity (Wildman–Crippen MR) is 125 cm³/mol. The minimum absolute atomic E-state index is 0.0165. The second kappa shape index (κ2) is 8.05. The molecule has 2 aromatic heterocycles. The van der Waals surface area contributed by atoms with Crippen molar-refractivity contribution in [3.8, 4) is 22.5 Å². The van der Waals surface area contributed by atoms with Crippen molar-refractivity contribution >= 4 is 11.5 Å². The summed E-state index contributed by atoms with van der Waals surface area (Å²) >= 11 is 0. The van der Waals surface area contributed by atoms with Gasteiger partial charge in [0.1, 0.15) is 6.17 Å². The first-order chi connectivity index (χ1) is 15.5. The fourth-order valence-corrected chi connectivity index (χ4v) is 4.55. The molecule has 8 nitrogen and oxygen atoms in total. The molecule has 0 spiro atoms. The van der Waals surface area contributed by atoms with Crippen molar-refractivity contribution in [3.63, 3.8) is 0 Å². The number of H-pyrrole nitrogens is 1. The van der Waals surface area contributed by atoms with Crippen molar-refractivity contribution in [1.82, 2.24) is 25.6 Å². The number of tetrazole rings is 1. The van der Waals surface area contributed by atoms with Crippen LogP contribution in [0, 0.1) is 12.8 Å². The lowest BCUT2D eigenvalue weighted by Gasteiger charge is -2.33. The van der Waals surface area contributed by atoms with E-state index >= 15 is 0 Å². The Morgan fingerprint density at radius 1 is 1.06 bits per heavy atom. The first-order valence-corrected chi connectivity index (χ1v) is 10.7.